The van der Waals surface area contributed by atoms with Crippen LogP contribution in [0.15, 0.2) is 0 Å². The van der Waals surface area contributed by atoms with Gasteiger partial charge in [-0.1, -0.05) is 0 Å². The smallest absolute Gasteiger partial charge is 0.257 e. The zero-order valence-electron chi connectivity index (χ0n) is 11.8. The first-order chi connectivity index (χ1) is 8.92. The third-order valence-electron chi connectivity index (χ3n) is 3.76. The van der Waals surface area contributed by atoms with Crippen LogP contribution in [0.25, 0.3) is 0 Å². The molecule has 1 unspecified atom stereocenters. The van der Waals surface area contributed by atoms with Crippen molar-refractivity contribution in [1.82, 2.24) is 10.2 Å². The van der Waals surface area contributed by atoms with Crippen LogP contribution >= 0.6 is 0 Å². The first kappa shape index (κ1) is 15.1. The lowest BCUT2D eigenvalue weighted by Crippen LogP contribution is -2.61. The summed E-state index contributed by atoms with van der Waals surface area (Å²) < 4.78 is 37.8. The van der Waals surface area contributed by atoms with Crippen molar-refractivity contribution in [2.45, 2.75) is 37.4 Å². The van der Waals surface area contributed by atoms with Crippen LogP contribution < -0.4 is 5.32 Å². The van der Waals surface area contributed by atoms with Gasteiger partial charge in [-0.05, 0) is 25.9 Å². The lowest BCUT2D eigenvalue weighted by Gasteiger charge is -2.48. The second-order valence-electron chi connectivity index (χ2n) is 5.87. The number of methoxy groups -OCH3 is 1. The minimum absolute atomic E-state index is 0.112. The molecule has 1 spiro atoms. The molecule has 2 saturated heterocycles. The molecule has 1 N–H and O–H groups in total. The van der Waals surface area contributed by atoms with E-state index in [0.717, 1.165) is 32.9 Å². The van der Waals surface area contributed by atoms with E-state index in [9.17, 15) is 8.78 Å². The molecule has 0 bridgehead atoms. The van der Waals surface area contributed by atoms with Crippen molar-refractivity contribution in [2.24, 2.45) is 0 Å². The largest absolute Gasteiger partial charge is 0.382 e. The zero-order valence-corrected chi connectivity index (χ0v) is 11.8. The van der Waals surface area contributed by atoms with Gasteiger partial charge in [0.1, 0.15) is 0 Å². The normalized spacial score (nSPS) is 28.7. The number of halogens is 2. The molecule has 0 amide bonds. The molecule has 2 aliphatic rings. The van der Waals surface area contributed by atoms with E-state index in [1.54, 1.807) is 7.11 Å². The molecule has 0 aromatic heterocycles. The molecule has 1 atom stereocenters. The van der Waals surface area contributed by atoms with E-state index in [0.29, 0.717) is 19.7 Å². The monoisotopic (exact) mass is 278 g/mol. The van der Waals surface area contributed by atoms with Crippen LogP contribution in [0.5, 0.6) is 0 Å². The van der Waals surface area contributed by atoms with Crippen molar-refractivity contribution in [2.75, 3.05) is 46.4 Å². The Labute approximate surface area is 113 Å². The number of nitrogens with zero attached hydrogens (tertiary/aromatic N) is 1. The summed E-state index contributed by atoms with van der Waals surface area (Å²) in [6.07, 6.45) is 1.64. The number of hydrogen-bond acceptors (Lipinski definition) is 4. The molecular weight excluding hydrogens is 254 g/mol. The van der Waals surface area contributed by atoms with Gasteiger partial charge in [0, 0.05) is 27.1 Å². The molecule has 4 nitrogen and oxygen atoms in total. The van der Waals surface area contributed by atoms with Gasteiger partial charge in [0.2, 0.25) is 0 Å². The van der Waals surface area contributed by atoms with E-state index in [1.165, 1.54) is 0 Å². The van der Waals surface area contributed by atoms with Gasteiger partial charge in [0.15, 0.2) is 0 Å². The van der Waals surface area contributed by atoms with Crippen LogP contribution in [-0.4, -0.2) is 69.0 Å². The van der Waals surface area contributed by atoms with E-state index >= 15 is 0 Å². The summed E-state index contributed by atoms with van der Waals surface area (Å²) in [7, 11) is 1.62. The average Bonchev–Trinajstić information content (AvgIpc) is 2.27. The van der Waals surface area contributed by atoms with Crippen LogP contribution in [-0.2, 0) is 9.47 Å². The molecule has 0 aromatic rings. The van der Waals surface area contributed by atoms with E-state index < -0.39 is 5.92 Å². The highest BCUT2D eigenvalue weighted by Crippen LogP contribution is 2.31. The van der Waals surface area contributed by atoms with Crippen LogP contribution in [0, 0.1) is 0 Å². The second-order valence-corrected chi connectivity index (χ2v) is 5.87. The summed E-state index contributed by atoms with van der Waals surface area (Å²) in [4.78, 5) is 1.83. The molecule has 112 valence electrons. The van der Waals surface area contributed by atoms with Gasteiger partial charge in [0.05, 0.1) is 24.9 Å². The fraction of sp³-hybridized carbons (Fsp3) is 1.00. The highest BCUT2D eigenvalue weighted by Gasteiger charge is 2.43. The Morgan fingerprint density at radius 3 is 2.68 bits per heavy atom. The molecule has 0 aromatic carbocycles. The predicted octanol–water partition coefficient (Wildman–Crippen LogP) is 1.11. The highest BCUT2D eigenvalue weighted by molar-refractivity contribution is 4.95. The summed E-state index contributed by atoms with van der Waals surface area (Å²) in [6, 6.07) is 0. The van der Waals surface area contributed by atoms with E-state index in [4.69, 9.17) is 9.47 Å². The lowest BCUT2D eigenvalue weighted by molar-refractivity contribution is -0.188. The van der Waals surface area contributed by atoms with Crippen molar-refractivity contribution < 1.29 is 18.3 Å². The van der Waals surface area contributed by atoms with E-state index in [1.807, 2.05) is 4.90 Å². The number of morpholine rings is 1. The number of piperidine rings is 1. The maximum absolute atomic E-state index is 13.2. The van der Waals surface area contributed by atoms with Gasteiger partial charge in [-0.2, -0.15) is 0 Å². The highest BCUT2D eigenvalue weighted by atomic mass is 19.3. The Kier molecular flexibility index (Phi) is 4.76. The quantitative estimate of drug-likeness (QED) is 0.835. The third-order valence-corrected chi connectivity index (χ3v) is 3.76. The standard InChI is InChI=1S/C13H24F2N2O2/c1-12(14,15)9-17-7-11(8-18-2)19-13(10-17)3-5-16-6-4-13/h11,16H,3-10H2,1-2H3. The SMILES string of the molecule is COCC1CN(CC(C)(F)F)CC2(CCNCC2)O1. The molecule has 6 heteroatoms. The molecule has 19 heavy (non-hydrogen) atoms. The van der Waals surface area contributed by atoms with Gasteiger partial charge in [0.25, 0.3) is 5.92 Å². The molecule has 0 aliphatic carbocycles. The van der Waals surface area contributed by atoms with Gasteiger partial charge < -0.3 is 14.8 Å². The molecular formula is C13H24F2N2O2. The summed E-state index contributed by atoms with van der Waals surface area (Å²) >= 11 is 0. The van der Waals surface area contributed by atoms with Crippen LogP contribution in [0.4, 0.5) is 8.78 Å². The van der Waals surface area contributed by atoms with E-state index in [-0.39, 0.29) is 18.2 Å². The Balaban J connectivity index is 2.03. The van der Waals surface area contributed by atoms with Gasteiger partial charge >= 0.3 is 0 Å². The number of alkyl halides is 2. The van der Waals surface area contributed by atoms with Crippen molar-refractivity contribution in [3.63, 3.8) is 0 Å². The number of rotatable bonds is 4. The van der Waals surface area contributed by atoms with Crippen molar-refractivity contribution in [1.29, 1.82) is 0 Å². The predicted molar refractivity (Wildman–Crippen MR) is 68.6 cm³/mol. The maximum atomic E-state index is 13.2. The fourth-order valence-corrected chi connectivity index (χ4v) is 3.13. The minimum Gasteiger partial charge on any atom is -0.382 e. The topological polar surface area (TPSA) is 33.7 Å². The van der Waals surface area contributed by atoms with Gasteiger partial charge in [-0.25, -0.2) is 8.78 Å². The molecule has 0 saturated carbocycles. The maximum Gasteiger partial charge on any atom is 0.257 e. The number of nitrogens with one attached hydrogen (secondary N) is 1. The van der Waals surface area contributed by atoms with Gasteiger partial charge in [-0.3, -0.25) is 4.90 Å². The third kappa shape index (κ3) is 4.34. The summed E-state index contributed by atoms with van der Waals surface area (Å²) in [5, 5.41) is 3.29. The first-order valence-corrected chi connectivity index (χ1v) is 6.90. The molecule has 0 radical (unpaired) electrons. The van der Waals surface area contributed by atoms with Crippen molar-refractivity contribution in [3.8, 4) is 0 Å². The summed E-state index contributed by atoms with van der Waals surface area (Å²) in [6.45, 7) is 4.12. The van der Waals surface area contributed by atoms with Crippen LogP contribution in [0.2, 0.25) is 0 Å². The Hall–Kier alpha value is -0.300. The number of hydrogen-bond donors (Lipinski definition) is 1. The molecule has 2 aliphatic heterocycles. The van der Waals surface area contributed by atoms with Crippen LogP contribution in [0.1, 0.15) is 19.8 Å². The molecule has 2 fully saturated rings. The number of ether oxygens (including phenoxy) is 2. The zero-order chi connectivity index (χ0) is 13.9. The Morgan fingerprint density at radius 1 is 1.42 bits per heavy atom. The van der Waals surface area contributed by atoms with Crippen molar-refractivity contribution >= 4 is 0 Å². The second kappa shape index (κ2) is 5.99. The van der Waals surface area contributed by atoms with Crippen LogP contribution in [0.3, 0.4) is 0 Å². The summed E-state index contributed by atoms with van der Waals surface area (Å²) in [5.74, 6) is -2.66. The first-order valence-electron chi connectivity index (χ1n) is 6.90. The van der Waals surface area contributed by atoms with Crippen molar-refractivity contribution in [3.05, 3.63) is 0 Å². The molecule has 2 rings (SSSR count). The average molecular weight is 278 g/mol. The minimum atomic E-state index is -2.66. The fourth-order valence-electron chi connectivity index (χ4n) is 3.13. The Morgan fingerprint density at radius 2 is 2.11 bits per heavy atom. The summed E-state index contributed by atoms with van der Waals surface area (Å²) in [5.41, 5.74) is -0.280. The Bertz CT molecular complexity index is 291. The molecule has 2 heterocycles. The lowest BCUT2D eigenvalue weighted by atomic mass is 9.89. The van der Waals surface area contributed by atoms with E-state index in [2.05, 4.69) is 5.32 Å². The van der Waals surface area contributed by atoms with Gasteiger partial charge in [-0.15, -0.1) is 0 Å².